The minimum Gasteiger partial charge on any atom is -0.462 e. The Hall–Kier alpha value is -3.93. The summed E-state index contributed by atoms with van der Waals surface area (Å²) in [4.78, 5) is 38.5. The molecule has 6 nitrogen and oxygen atoms in total. The lowest BCUT2D eigenvalue weighted by molar-refractivity contribution is -0.167. The minimum atomic E-state index is -0.799. The second kappa shape index (κ2) is 70.6. The van der Waals surface area contributed by atoms with Crippen LogP contribution in [-0.2, 0) is 28.6 Å². The molecule has 0 rings (SSSR count). The van der Waals surface area contributed by atoms with Gasteiger partial charge in [-0.05, 0) is 122 Å². The average Bonchev–Trinajstić information content (AvgIpc) is 3.49. The maximum absolute atomic E-state index is 13.0. The van der Waals surface area contributed by atoms with Gasteiger partial charge in [-0.1, -0.05) is 310 Å². The van der Waals surface area contributed by atoms with E-state index in [4.69, 9.17) is 14.2 Å². The molecule has 0 aromatic rings. The first kappa shape index (κ1) is 79.1. The van der Waals surface area contributed by atoms with E-state index in [2.05, 4.69) is 130 Å². The number of unbranched alkanes of at least 4 members (excludes halogenated alkanes) is 35. The standard InChI is InChI=1S/C77H132O6/c1-4-7-10-13-16-19-22-25-28-30-32-34-36-38-40-42-44-46-49-52-55-58-61-64-67-70-76(79)82-73-74(72-81-75(78)69-66-63-60-57-54-51-48-27-24-21-18-15-12-9-6-3)83-77(80)71-68-65-62-59-56-53-50-47-45-43-41-39-37-35-33-31-29-26-23-20-17-14-11-8-5-2/h7,9-10,12,16,18-19,21,25,27-28,31-34,48,54,57,74H,4-6,8,11,13-15,17,20,22-24,26,29-30,35-47,49-53,55-56,58-73H2,1-3H3/b10-7-,12-9-,19-16-,21-18-,28-25-,33-31-,34-32-,48-27-,57-54-. The monoisotopic (exact) mass is 1150 g/mol. The van der Waals surface area contributed by atoms with E-state index in [0.717, 1.165) is 109 Å². The van der Waals surface area contributed by atoms with Gasteiger partial charge in [0.05, 0.1) is 0 Å². The first-order valence-electron chi connectivity index (χ1n) is 35.4. The van der Waals surface area contributed by atoms with Gasteiger partial charge in [-0.25, -0.2) is 0 Å². The summed E-state index contributed by atoms with van der Waals surface area (Å²) in [6.07, 6.45) is 96.9. The smallest absolute Gasteiger partial charge is 0.306 e. The van der Waals surface area contributed by atoms with Crippen LogP contribution in [0.1, 0.15) is 342 Å². The molecule has 0 spiro atoms. The molecule has 0 saturated heterocycles. The molecule has 0 bridgehead atoms. The van der Waals surface area contributed by atoms with Crippen molar-refractivity contribution in [2.24, 2.45) is 0 Å². The maximum Gasteiger partial charge on any atom is 0.306 e. The lowest BCUT2D eigenvalue weighted by atomic mass is 10.0. The van der Waals surface area contributed by atoms with Gasteiger partial charge >= 0.3 is 17.9 Å². The Morgan fingerprint density at radius 3 is 0.771 bits per heavy atom. The maximum atomic E-state index is 13.0. The van der Waals surface area contributed by atoms with Crippen LogP contribution in [-0.4, -0.2) is 37.2 Å². The Labute approximate surface area is 514 Å². The number of carbonyl (C=O) groups excluding carboxylic acids is 3. The van der Waals surface area contributed by atoms with E-state index in [0.29, 0.717) is 19.3 Å². The molecule has 0 aromatic carbocycles. The molecule has 0 aliphatic rings. The zero-order valence-electron chi connectivity index (χ0n) is 54.7. The van der Waals surface area contributed by atoms with Crippen molar-refractivity contribution in [3.05, 3.63) is 109 Å². The van der Waals surface area contributed by atoms with Crippen molar-refractivity contribution < 1.29 is 28.6 Å². The summed E-state index contributed by atoms with van der Waals surface area (Å²) in [5, 5.41) is 0. The van der Waals surface area contributed by atoms with E-state index in [9.17, 15) is 14.4 Å². The zero-order valence-corrected chi connectivity index (χ0v) is 54.7. The Morgan fingerprint density at radius 1 is 0.253 bits per heavy atom. The fourth-order valence-electron chi connectivity index (χ4n) is 10.0. The van der Waals surface area contributed by atoms with Gasteiger partial charge in [-0.15, -0.1) is 0 Å². The highest BCUT2D eigenvalue weighted by atomic mass is 16.6. The summed E-state index contributed by atoms with van der Waals surface area (Å²) in [5.41, 5.74) is 0. The van der Waals surface area contributed by atoms with Crippen LogP contribution in [0.15, 0.2) is 109 Å². The van der Waals surface area contributed by atoms with Crippen LogP contribution in [0.25, 0.3) is 0 Å². The molecule has 0 radical (unpaired) electrons. The van der Waals surface area contributed by atoms with Crippen LogP contribution >= 0.6 is 0 Å². The summed E-state index contributed by atoms with van der Waals surface area (Å²) in [6, 6.07) is 0. The lowest BCUT2D eigenvalue weighted by Crippen LogP contribution is -2.30. The van der Waals surface area contributed by atoms with Crippen LogP contribution in [0.5, 0.6) is 0 Å². The topological polar surface area (TPSA) is 78.9 Å². The number of carbonyl (C=O) groups is 3. The van der Waals surface area contributed by atoms with Gasteiger partial charge < -0.3 is 14.2 Å². The number of ether oxygens (including phenoxy) is 3. The molecule has 0 heterocycles. The largest absolute Gasteiger partial charge is 0.462 e. The molecule has 1 unspecified atom stereocenters. The van der Waals surface area contributed by atoms with Gasteiger partial charge in [0.1, 0.15) is 13.2 Å². The first-order chi connectivity index (χ1) is 41.0. The van der Waals surface area contributed by atoms with Gasteiger partial charge in [0.2, 0.25) is 0 Å². The molecule has 0 fully saturated rings. The van der Waals surface area contributed by atoms with Crippen molar-refractivity contribution in [1.82, 2.24) is 0 Å². The molecule has 0 N–H and O–H groups in total. The quantitative estimate of drug-likeness (QED) is 0.0261. The van der Waals surface area contributed by atoms with E-state index < -0.39 is 6.10 Å². The average molecular weight is 1150 g/mol. The van der Waals surface area contributed by atoms with Crippen LogP contribution in [0, 0.1) is 0 Å². The van der Waals surface area contributed by atoms with Crippen molar-refractivity contribution in [3.8, 4) is 0 Å². The second-order valence-electron chi connectivity index (χ2n) is 23.4. The zero-order chi connectivity index (χ0) is 59.9. The van der Waals surface area contributed by atoms with Crippen LogP contribution in [0.3, 0.4) is 0 Å². The molecule has 0 aliphatic carbocycles. The van der Waals surface area contributed by atoms with E-state index in [-0.39, 0.29) is 31.1 Å². The summed E-state index contributed by atoms with van der Waals surface area (Å²) < 4.78 is 17.0. The number of rotatable bonds is 64. The van der Waals surface area contributed by atoms with E-state index >= 15 is 0 Å². The van der Waals surface area contributed by atoms with Crippen molar-refractivity contribution in [3.63, 3.8) is 0 Å². The Bertz CT molecular complexity index is 1660. The highest BCUT2D eigenvalue weighted by molar-refractivity contribution is 5.71. The minimum absolute atomic E-state index is 0.0912. The predicted octanol–water partition coefficient (Wildman–Crippen LogP) is 24.6. The van der Waals surface area contributed by atoms with E-state index in [1.807, 2.05) is 0 Å². The van der Waals surface area contributed by atoms with E-state index in [1.54, 1.807) is 0 Å². The van der Waals surface area contributed by atoms with Crippen LogP contribution < -0.4 is 0 Å². The molecular weight excluding hydrogens is 1020 g/mol. The van der Waals surface area contributed by atoms with Gasteiger partial charge in [-0.2, -0.15) is 0 Å². The van der Waals surface area contributed by atoms with E-state index in [1.165, 1.54) is 193 Å². The highest BCUT2D eigenvalue weighted by Crippen LogP contribution is 2.17. The molecule has 6 heteroatoms. The molecule has 0 aromatic heterocycles. The second-order valence-corrected chi connectivity index (χ2v) is 23.4. The fourth-order valence-corrected chi connectivity index (χ4v) is 10.0. The fraction of sp³-hybridized carbons (Fsp3) is 0.727. The summed E-state index contributed by atoms with van der Waals surface area (Å²) >= 11 is 0. The molecule has 0 amide bonds. The predicted molar refractivity (Wildman–Crippen MR) is 362 cm³/mol. The normalized spacial score (nSPS) is 12.8. The van der Waals surface area contributed by atoms with Gasteiger partial charge in [-0.3, -0.25) is 14.4 Å². The third kappa shape index (κ3) is 68.7. The SMILES string of the molecule is CC/C=C\C/C=C\C/C=C\C/C=C\CCCCCCCCCCCCCCC(=O)OCC(COC(=O)CCCC/C=C\C/C=C\C/C=C\C/C=C\CC)OC(=O)CCCCCCCCCCCCCCC/C=C\CCCCCCCCCC. The summed E-state index contributed by atoms with van der Waals surface area (Å²) in [5.74, 6) is -0.923. The lowest BCUT2D eigenvalue weighted by Gasteiger charge is -2.18. The third-order valence-corrected chi connectivity index (χ3v) is 15.2. The molecule has 0 aliphatic heterocycles. The van der Waals surface area contributed by atoms with Crippen molar-refractivity contribution >= 4 is 17.9 Å². The molecular formula is C77H132O6. The molecule has 476 valence electrons. The van der Waals surface area contributed by atoms with Crippen molar-refractivity contribution in [1.29, 1.82) is 0 Å². The van der Waals surface area contributed by atoms with Crippen LogP contribution in [0.4, 0.5) is 0 Å². The summed E-state index contributed by atoms with van der Waals surface area (Å²) in [6.45, 7) is 6.42. The number of esters is 3. The molecule has 1 atom stereocenters. The number of allylic oxidation sites excluding steroid dienone is 18. The molecule has 83 heavy (non-hydrogen) atoms. The first-order valence-corrected chi connectivity index (χ1v) is 35.4. The Morgan fingerprint density at radius 2 is 0.470 bits per heavy atom. The Balaban J connectivity index is 4.34. The number of hydrogen-bond acceptors (Lipinski definition) is 6. The van der Waals surface area contributed by atoms with Crippen molar-refractivity contribution in [2.45, 2.75) is 348 Å². The van der Waals surface area contributed by atoms with Gasteiger partial charge in [0.25, 0.3) is 0 Å². The summed E-state index contributed by atoms with van der Waals surface area (Å²) in [7, 11) is 0. The Kier molecular flexibility index (Phi) is 67.2. The van der Waals surface area contributed by atoms with Crippen molar-refractivity contribution in [2.75, 3.05) is 13.2 Å². The number of hydrogen-bond donors (Lipinski definition) is 0. The third-order valence-electron chi connectivity index (χ3n) is 15.2. The highest BCUT2D eigenvalue weighted by Gasteiger charge is 2.19. The van der Waals surface area contributed by atoms with Gasteiger partial charge in [0.15, 0.2) is 6.10 Å². The van der Waals surface area contributed by atoms with Crippen LogP contribution in [0.2, 0.25) is 0 Å². The molecule has 0 saturated carbocycles. The van der Waals surface area contributed by atoms with Gasteiger partial charge in [0, 0.05) is 19.3 Å².